The van der Waals surface area contributed by atoms with Gasteiger partial charge in [0.2, 0.25) is 0 Å². The number of carbonyl (C=O) groups excluding carboxylic acids is 2. The molecule has 0 atom stereocenters. The monoisotopic (exact) mass is 600 g/mol. The predicted molar refractivity (Wildman–Crippen MR) is 176 cm³/mol. The molecule has 3 aromatic carbocycles. The number of hydrogen-bond donors (Lipinski definition) is 0. The van der Waals surface area contributed by atoms with Crippen LogP contribution in [0, 0.1) is 0 Å². The van der Waals surface area contributed by atoms with E-state index in [0.29, 0.717) is 24.3 Å². The molecule has 0 saturated heterocycles. The van der Waals surface area contributed by atoms with E-state index in [1.165, 1.54) is 63.1 Å². The second-order valence-corrected chi connectivity index (χ2v) is 11.6. The number of benzene rings is 3. The Balaban J connectivity index is 1.35. The molecule has 0 spiro atoms. The van der Waals surface area contributed by atoms with Crippen molar-refractivity contribution in [1.29, 1.82) is 0 Å². The number of rotatable bonds is 18. The summed E-state index contributed by atoms with van der Waals surface area (Å²) >= 11 is 1.17. The number of hydrogen-bond acceptors (Lipinski definition) is 7. The second-order valence-electron chi connectivity index (χ2n) is 11.1. The second kappa shape index (κ2) is 17.5. The molecule has 0 aliphatic carbocycles. The summed E-state index contributed by atoms with van der Waals surface area (Å²) in [6.07, 6.45) is 13.9. The number of aromatic nitrogens is 2. The van der Waals surface area contributed by atoms with Crippen LogP contribution >= 0.6 is 11.7 Å². The summed E-state index contributed by atoms with van der Waals surface area (Å²) in [4.78, 5) is 25.0. The maximum absolute atomic E-state index is 12.5. The first kappa shape index (κ1) is 32.3. The largest absolute Gasteiger partial charge is 0.462 e. The predicted octanol–water partition coefficient (Wildman–Crippen LogP) is 10.1. The van der Waals surface area contributed by atoms with E-state index in [4.69, 9.17) is 9.47 Å². The summed E-state index contributed by atoms with van der Waals surface area (Å²) in [6.45, 7) is 5.33. The molecule has 0 aliphatic rings. The smallest absolute Gasteiger partial charge is 0.338 e. The van der Waals surface area contributed by atoms with E-state index in [1.54, 1.807) is 0 Å². The quantitative estimate of drug-likeness (QED) is 0.0835. The minimum Gasteiger partial charge on any atom is -0.462 e. The van der Waals surface area contributed by atoms with Crippen LogP contribution in [0.3, 0.4) is 0 Å². The average molecular weight is 601 g/mol. The summed E-state index contributed by atoms with van der Waals surface area (Å²) in [5.41, 5.74) is 6.53. The minimum atomic E-state index is -0.286. The van der Waals surface area contributed by atoms with Crippen LogP contribution in [0.2, 0.25) is 0 Å². The third-order valence-corrected chi connectivity index (χ3v) is 8.27. The van der Waals surface area contributed by atoms with Crippen molar-refractivity contribution in [3.63, 3.8) is 0 Å². The van der Waals surface area contributed by atoms with Crippen LogP contribution in [-0.2, 0) is 9.47 Å². The van der Waals surface area contributed by atoms with Crippen molar-refractivity contribution in [2.75, 3.05) is 13.2 Å². The van der Waals surface area contributed by atoms with Crippen LogP contribution < -0.4 is 0 Å². The Morgan fingerprint density at radius 3 is 1.30 bits per heavy atom. The lowest BCUT2D eigenvalue weighted by Gasteiger charge is -2.09. The topological polar surface area (TPSA) is 78.4 Å². The Labute approximate surface area is 260 Å². The highest BCUT2D eigenvalue weighted by molar-refractivity contribution is 7.00. The highest BCUT2D eigenvalue weighted by Gasteiger charge is 2.15. The van der Waals surface area contributed by atoms with Crippen LogP contribution in [0.5, 0.6) is 0 Å². The van der Waals surface area contributed by atoms with Gasteiger partial charge in [-0.25, -0.2) is 9.59 Å². The third kappa shape index (κ3) is 9.45. The van der Waals surface area contributed by atoms with Gasteiger partial charge in [0.05, 0.1) is 36.1 Å². The Kier molecular flexibility index (Phi) is 13.2. The Morgan fingerprint density at radius 2 is 0.907 bits per heavy atom. The molecule has 0 unspecified atom stereocenters. The number of unbranched alkanes of at least 4 members (excludes halogenated alkanes) is 10. The molecule has 1 aromatic heterocycles. The SMILES string of the molecule is CCCCCCCCOC(=O)c1ccc(-c2ccc(-c3ccc(C(=O)OCCCCCCCC)cc3)c3nsnc23)cc1. The Bertz CT molecular complexity index is 1320. The van der Waals surface area contributed by atoms with Crippen molar-refractivity contribution >= 4 is 34.7 Å². The van der Waals surface area contributed by atoms with E-state index in [1.807, 2.05) is 60.7 Å². The number of nitrogens with zero attached hydrogens (tertiary/aromatic N) is 2. The number of ether oxygens (including phenoxy) is 2. The van der Waals surface area contributed by atoms with Gasteiger partial charge >= 0.3 is 11.9 Å². The molecule has 7 heteroatoms. The first-order chi connectivity index (χ1) is 21.1. The van der Waals surface area contributed by atoms with Gasteiger partial charge in [0.1, 0.15) is 11.0 Å². The summed E-state index contributed by atoms with van der Waals surface area (Å²) < 4.78 is 20.1. The third-order valence-electron chi connectivity index (χ3n) is 7.74. The lowest BCUT2D eigenvalue weighted by molar-refractivity contribution is 0.0488. The van der Waals surface area contributed by atoms with Gasteiger partial charge in [0.25, 0.3) is 0 Å². The summed E-state index contributed by atoms with van der Waals surface area (Å²) in [5, 5.41) is 0. The normalized spacial score (nSPS) is 11.1. The standard InChI is InChI=1S/C36H44N2O4S/c1-3-5-7-9-11-13-25-41-35(39)29-19-15-27(16-20-29)31-23-24-32(34-33(31)37-43-38-34)28-17-21-30(22-18-28)36(40)42-26-14-12-10-8-6-4-2/h15-24H,3-14,25-26H2,1-2H3. The highest BCUT2D eigenvalue weighted by Crippen LogP contribution is 2.35. The molecule has 0 saturated carbocycles. The first-order valence-corrected chi connectivity index (χ1v) is 16.7. The molecular formula is C36H44N2O4S. The Hall–Kier alpha value is -3.58. The van der Waals surface area contributed by atoms with Gasteiger partial charge in [-0.05, 0) is 48.2 Å². The first-order valence-electron chi connectivity index (χ1n) is 15.9. The average Bonchev–Trinajstić information content (AvgIpc) is 3.54. The molecule has 0 bridgehead atoms. The van der Waals surface area contributed by atoms with Crippen LogP contribution in [0.25, 0.3) is 33.3 Å². The lowest BCUT2D eigenvalue weighted by Crippen LogP contribution is -2.06. The number of esters is 2. The van der Waals surface area contributed by atoms with Crippen LogP contribution in [0.1, 0.15) is 112 Å². The van der Waals surface area contributed by atoms with E-state index >= 15 is 0 Å². The fourth-order valence-electron chi connectivity index (χ4n) is 5.17. The van der Waals surface area contributed by atoms with E-state index in [2.05, 4.69) is 22.6 Å². The van der Waals surface area contributed by atoms with Gasteiger partial charge in [0, 0.05) is 11.1 Å². The molecule has 0 N–H and O–H groups in total. The Morgan fingerprint density at radius 1 is 0.535 bits per heavy atom. The number of fused-ring (bicyclic) bond motifs is 1. The van der Waals surface area contributed by atoms with Crippen molar-refractivity contribution in [1.82, 2.24) is 8.75 Å². The van der Waals surface area contributed by atoms with E-state index in [-0.39, 0.29) is 11.9 Å². The van der Waals surface area contributed by atoms with Crippen molar-refractivity contribution in [3.05, 3.63) is 71.8 Å². The van der Waals surface area contributed by atoms with Crippen molar-refractivity contribution in [2.45, 2.75) is 90.9 Å². The van der Waals surface area contributed by atoms with Gasteiger partial charge in [-0.3, -0.25) is 0 Å². The zero-order valence-electron chi connectivity index (χ0n) is 25.6. The molecule has 6 nitrogen and oxygen atoms in total. The molecule has 43 heavy (non-hydrogen) atoms. The number of carbonyl (C=O) groups is 2. The van der Waals surface area contributed by atoms with E-state index in [0.717, 1.165) is 59.0 Å². The van der Waals surface area contributed by atoms with Crippen LogP contribution in [0.4, 0.5) is 0 Å². The van der Waals surface area contributed by atoms with Gasteiger partial charge < -0.3 is 9.47 Å². The summed E-state index contributed by atoms with van der Waals surface area (Å²) in [5.74, 6) is -0.573. The molecule has 4 aromatic rings. The maximum Gasteiger partial charge on any atom is 0.338 e. The maximum atomic E-state index is 12.5. The minimum absolute atomic E-state index is 0.286. The van der Waals surface area contributed by atoms with Crippen LogP contribution in [0.15, 0.2) is 60.7 Å². The van der Waals surface area contributed by atoms with E-state index < -0.39 is 0 Å². The molecule has 0 fully saturated rings. The molecular weight excluding hydrogens is 556 g/mol. The van der Waals surface area contributed by atoms with Gasteiger partial charge in [0.15, 0.2) is 0 Å². The van der Waals surface area contributed by atoms with Gasteiger partial charge in [-0.2, -0.15) is 8.75 Å². The van der Waals surface area contributed by atoms with Crippen molar-refractivity contribution in [3.8, 4) is 22.3 Å². The zero-order chi connectivity index (χ0) is 30.3. The fraction of sp³-hybridized carbons (Fsp3) is 0.444. The molecule has 1 heterocycles. The van der Waals surface area contributed by atoms with Crippen LogP contribution in [-0.4, -0.2) is 33.9 Å². The van der Waals surface area contributed by atoms with Crippen molar-refractivity contribution in [2.24, 2.45) is 0 Å². The van der Waals surface area contributed by atoms with Gasteiger partial charge in [-0.15, -0.1) is 0 Å². The summed E-state index contributed by atoms with van der Waals surface area (Å²) in [7, 11) is 0. The molecule has 0 amide bonds. The fourth-order valence-corrected chi connectivity index (χ4v) is 5.74. The lowest BCUT2D eigenvalue weighted by atomic mass is 9.97. The highest BCUT2D eigenvalue weighted by atomic mass is 32.1. The van der Waals surface area contributed by atoms with Crippen molar-refractivity contribution < 1.29 is 19.1 Å². The molecule has 0 aliphatic heterocycles. The van der Waals surface area contributed by atoms with Gasteiger partial charge in [-0.1, -0.05) is 114 Å². The summed E-state index contributed by atoms with van der Waals surface area (Å²) in [6, 6.07) is 19.0. The molecule has 228 valence electrons. The molecule has 0 radical (unpaired) electrons. The molecule has 4 rings (SSSR count). The zero-order valence-corrected chi connectivity index (χ0v) is 26.4. The van der Waals surface area contributed by atoms with E-state index in [9.17, 15) is 9.59 Å².